The first-order valence-electron chi connectivity index (χ1n) is 15.2. The number of rotatable bonds is 22. The first kappa shape index (κ1) is 43.4. The summed E-state index contributed by atoms with van der Waals surface area (Å²) in [5.74, 6) is -2.02. The Kier molecular flexibility index (Phi) is 18.0. The highest BCUT2D eigenvalue weighted by molar-refractivity contribution is 5.81. The van der Waals surface area contributed by atoms with Crippen molar-refractivity contribution in [2.45, 2.75) is 118 Å². The predicted molar refractivity (Wildman–Crippen MR) is 156 cm³/mol. The van der Waals surface area contributed by atoms with Crippen LogP contribution in [0.4, 0.5) is 0 Å². The number of hydrogen-bond donors (Lipinski definition) is 13. The molecule has 1 aliphatic heterocycles. The van der Waals surface area contributed by atoms with Crippen LogP contribution in [0.3, 0.4) is 0 Å². The van der Waals surface area contributed by atoms with E-state index in [-0.39, 0.29) is 32.5 Å². The van der Waals surface area contributed by atoms with Crippen molar-refractivity contribution in [1.29, 1.82) is 0 Å². The standard InChI is InChI=1S/C28H53NO18/c1-4-27(2,5-14(32)11-46-28(3)6-15(33)26(44)45-13-28)47-12-20(38)25(43)29(7-16(34)21(39)23(41)18(36)9-30)8-17(35)22(40)24(42)19(37)10-31/h14-24,30-42H,4-13H2,1-3H3/t14?,15?,16-,17-,18+,19+,20?,21+,22+,23+,24+,27?,28?/m0/s1. The molecule has 0 spiro atoms. The molecule has 47 heavy (non-hydrogen) atoms. The van der Waals surface area contributed by atoms with E-state index >= 15 is 0 Å². The van der Waals surface area contributed by atoms with Crippen molar-refractivity contribution in [2.24, 2.45) is 0 Å². The Morgan fingerprint density at radius 2 is 1.36 bits per heavy atom. The van der Waals surface area contributed by atoms with E-state index < -0.39 is 123 Å². The lowest BCUT2D eigenvalue weighted by Crippen LogP contribution is -2.56. The lowest BCUT2D eigenvalue weighted by molar-refractivity contribution is -0.191. The number of hydrogen-bond acceptors (Lipinski definition) is 18. The van der Waals surface area contributed by atoms with Crippen LogP contribution in [0.1, 0.15) is 40.0 Å². The highest BCUT2D eigenvalue weighted by atomic mass is 16.6. The van der Waals surface area contributed by atoms with Crippen LogP contribution in [0.15, 0.2) is 0 Å². The van der Waals surface area contributed by atoms with E-state index in [2.05, 4.69) is 0 Å². The molecule has 0 aromatic rings. The molecule has 0 radical (unpaired) electrons. The van der Waals surface area contributed by atoms with Gasteiger partial charge in [0.1, 0.15) is 61.0 Å². The van der Waals surface area contributed by atoms with Crippen LogP contribution >= 0.6 is 0 Å². The second-order valence-corrected chi connectivity index (χ2v) is 12.4. The molecule has 1 aliphatic rings. The Morgan fingerprint density at radius 3 is 1.79 bits per heavy atom. The summed E-state index contributed by atoms with van der Waals surface area (Å²) in [5.41, 5.74) is -2.21. The number of carbonyl (C=O) groups excluding carboxylic acids is 2. The van der Waals surface area contributed by atoms with Gasteiger partial charge < -0.3 is 85.5 Å². The van der Waals surface area contributed by atoms with E-state index in [9.17, 15) is 65.8 Å². The van der Waals surface area contributed by atoms with Gasteiger partial charge >= 0.3 is 5.97 Å². The van der Waals surface area contributed by atoms with Gasteiger partial charge in [-0.25, -0.2) is 4.79 Å². The Balaban J connectivity index is 2.98. The highest BCUT2D eigenvalue weighted by Gasteiger charge is 2.40. The molecule has 0 bridgehead atoms. The Labute approximate surface area is 271 Å². The molecular formula is C28H53NO18. The molecule has 1 heterocycles. The highest BCUT2D eigenvalue weighted by Crippen LogP contribution is 2.27. The zero-order valence-electron chi connectivity index (χ0n) is 26.7. The molecule has 5 unspecified atom stereocenters. The molecule has 1 amide bonds. The molecule has 13 atom stereocenters. The number of cyclic esters (lactones) is 1. The molecule has 0 aliphatic carbocycles. The molecule has 0 saturated carbocycles. The molecule has 0 aromatic heterocycles. The minimum atomic E-state index is -2.15. The number of esters is 1. The van der Waals surface area contributed by atoms with Gasteiger partial charge in [-0.3, -0.25) is 4.79 Å². The van der Waals surface area contributed by atoms with E-state index in [4.69, 9.17) is 24.4 Å². The lowest BCUT2D eigenvalue weighted by Gasteiger charge is -2.37. The maximum atomic E-state index is 13.3. The van der Waals surface area contributed by atoms with Gasteiger partial charge in [-0.05, 0) is 20.3 Å². The van der Waals surface area contributed by atoms with Crippen LogP contribution in [0, 0.1) is 0 Å². The number of nitrogens with zero attached hydrogens (tertiary/aromatic N) is 1. The molecule has 1 rings (SSSR count). The zero-order valence-corrected chi connectivity index (χ0v) is 26.7. The fourth-order valence-electron chi connectivity index (χ4n) is 4.74. The summed E-state index contributed by atoms with van der Waals surface area (Å²) in [6.07, 6.45) is -20.7. The van der Waals surface area contributed by atoms with E-state index in [0.717, 1.165) is 0 Å². The summed E-state index contributed by atoms with van der Waals surface area (Å²) >= 11 is 0. The van der Waals surface area contributed by atoms with Crippen molar-refractivity contribution in [3.63, 3.8) is 0 Å². The molecule has 1 saturated heterocycles. The summed E-state index contributed by atoms with van der Waals surface area (Å²) in [6.45, 7) is -0.0802. The van der Waals surface area contributed by atoms with Crippen LogP contribution in [0.25, 0.3) is 0 Å². The van der Waals surface area contributed by atoms with Crippen molar-refractivity contribution in [1.82, 2.24) is 4.90 Å². The zero-order chi connectivity index (χ0) is 36.3. The summed E-state index contributed by atoms with van der Waals surface area (Å²) in [4.78, 5) is 25.2. The predicted octanol–water partition coefficient (Wildman–Crippen LogP) is -6.93. The first-order valence-corrected chi connectivity index (χ1v) is 15.2. The summed E-state index contributed by atoms with van der Waals surface area (Å²) < 4.78 is 16.3. The number of ether oxygens (including phenoxy) is 3. The van der Waals surface area contributed by atoms with E-state index in [0.29, 0.717) is 4.90 Å². The SMILES string of the molecule is CCC(C)(CC(O)COC1(C)COC(=O)C(O)C1)OCC(O)C(=O)N(C[C@H](O)[C@@H](O)[C@H](O)[C@H](O)CO)C[C@H](O)[C@@H](O)[C@H](O)[C@H](O)CO. The van der Waals surface area contributed by atoms with Crippen molar-refractivity contribution in [3.05, 3.63) is 0 Å². The van der Waals surface area contributed by atoms with Crippen LogP contribution in [0.5, 0.6) is 0 Å². The third kappa shape index (κ3) is 13.3. The van der Waals surface area contributed by atoms with Gasteiger partial charge in [0, 0.05) is 25.9 Å². The van der Waals surface area contributed by atoms with E-state index in [1.165, 1.54) is 0 Å². The van der Waals surface area contributed by atoms with Crippen LogP contribution < -0.4 is 0 Å². The largest absolute Gasteiger partial charge is 0.461 e. The van der Waals surface area contributed by atoms with Gasteiger partial charge in [0.25, 0.3) is 5.91 Å². The van der Waals surface area contributed by atoms with Crippen LogP contribution in [0.2, 0.25) is 0 Å². The molecule has 278 valence electrons. The van der Waals surface area contributed by atoms with Gasteiger partial charge in [0.15, 0.2) is 12.2 Å². The minimum absolute atomic E-state index is 0.0513. The van der Waals surface area contributed by atoms with Gasteiger partial charge in [-0.1, -0.05) is 6.92 Å². The van der Waals surface area contributed by atoms with E-state index in [1.54, 1.807) is 20.8 Å². The second-order valence-electron chi connectivity index (χ2n) is 12.4. The van der Waals surface area contributed by atoms with Gasteiger partial charge in [-0.15, -0.1) is 0 Å². The minimum Gasteiger partial charge on any atom is -0.461 e. The number of carbonyl (C=O) groups is 2. The lowest BCUT2D eigenvalue weighted by atomic mass is 9.94. The van der Waals surface area contributed by atoms with Gasteiger partial charge in [0.2, 0.25) is 0 Å². The summed E-state index contributed by atoms with van der Waals surface area (Å²) in [7, 11) is 0. The molecule has 1 fully saturated rings. The summed E-state index contributed by atoms with van der Waals surface area (Å²) in [6, 6.07) is 0. The third-order valence-corrected chi connectivity index (χ3v) is 8.11. The average molecular weight is 692 g/mol. The van der Waals surface area contributed by atoms with Crippen LogP contribution in [-0.2, 0) is 23.8 Å². The monoisotopic (exact) mass is 691 g/mol. The van der Waals surface area contributed by atoms with Crippen molar-refractivity contribution >= 4 is 11.9 Å². The Hall–Kier alpha value is -1.66. The van der Waals surface area contributed by atoms with Crippen molar-refractivity contribution in [2.75, 3.05) is 46.1 Å². The second kappa shape index (κ2) is 19.5. The molecule has 0 aromatic carbocycles. The number of amides is 1. The van der Waals surface area contributed by atoms with Gasteiger partial charge in [0.05, 0.1) is 38.1 Å². The maximum Gasteiger partial charge on any atom is 0.335 e. The van der Waals surface area contributed by atoms with Crippen molar-refractivity contribution < 1.29 is 90.2 Å². The van der Waals surface area contributed by atoms with E-state index in [1.807, 2.05) is 0 Å². The number of aliphatic hydroxyl groups is 13. The molecular weight excluding hydrogens is 638 g/mol. The average Bonchev–Trinajstić information content (AvgIpc) is 3.05. The quantitative estimate of drug-likeness (QED) is 0.0469. The van der Waals surface area contributed by atoms with Gasteiger partial charge in [-0.2, -0.15) is 0 Å². The fourth-order valence-corrected chi connectivity index (χ4v) is 4.74. The maximum absolute atomic E-state index is 13.3. The normalized spacial score (nSPS) is 26.5. The molecule has 13 N–H and O–H groups in total. The summed E-state index contributed by atoms with van der Waals surface area (Å²) in [5, 5.41) is 130. The third-order valence-electron chi connectivity index (χ3n) is 8.11. The fraction of sp³-hybridized carbons (Fsp3) is 0.929. The Morgan fingerprint density at radius 1 is 0.894 bits per heavy atom. The van der Waals surface area contributed by atoms with Crippen LogP contribution in [-0.4, -0.2) is 208 Å². The molecule has 19 nitrogen and oxygen atoms in total. The first-order chi connectivity index (χ1) is 21.7. The number of aliphatic hydroxyl groups excluding tert-OH is 13. The topological polar surface area (TPSA) is 328 Å². The van der Waals surface area contributed by atoms with Crippen molar-refractivity contribution in [3.8, 4) is 0 Å². The smallest absolute Gasteiger partial charge is 0.335 e. The Bertz CT molecular complexity index is 917. The molecule has 19 heteroatoms.